The van der Waals surface area contributed by atoms with Crippen molar-refractivity contribution in [3.63, 3.8) is 0 Å². The minimum atomic E-state index is -3.64. The van der Waals surface area contributed by atoms with Crippen LogP contribution >= 0.6 is 0 Å². The summed E-state index contributed by atoms with van der Waals surface area (Å²) in [6.07, 6.45) is 1.23. The predicted octanol–water partition coefficient (Wildman–Crippen LogP) is 2.99. The lowest BCUT2D eigenvalue weighted by Crippen LogP contribution is -2.41. The number of rotatable bonds is 2. The van der Waals surface area contributed by atoms with E-state index in [-0.39, 0.29) is 16.7 Å². The number of fused-ring (bicyclic) bond motifs is 2. The molecule has 0 aliphatic carbocycles. The second-order valence-electron chi connectivity index (χ2n) is 8.40. The molecule has 9 heteroatoms. The Hall–Kier alpha value is -3.07. The molecule has 31 heavy (non-hydrogen) atoms. The van der Waals surface area contributed by atoms with E-state index in [0.29, 0.717) is 54.5 Å². The molecule has 0 radical (unpaired) electrons. The van der Waals surface area contributed by atoms with E-state index in [0.717, 1.165) is 0 Å². The van der Waals surface area contributed by atoms with E-state index in [1.54, 1.807) is 36.4 Å². The maximum atomic E-state index is 12.8. The van der Waals surface area contributed by atoms with E-state index in [1.807, 2.05) is 24.8 Å². The van der Waals surface area contributed by atoms with E-state index in [2.05, 4.69) is 9.71 Å². The third-order valence-electron chi connectivity index (χ3n) is 5.70. The Morgan fingerprint density at radius 1 is 1.10 bits per heavy atom. The van der Waals surface area contributed by atoms with Crippen molar-refractivity contribution < 1.29 is 22.7 Å². The van der Waals surface area contributed by atoms with Crippen LogP contribution in [0.25, 0.3) is 0 Å². The molecule has 0 atom stereocenters. The Morgan fingerprint density at radius 2 is 1.81 bits per heavy atom. The average Bonchev–Trinajstić information content (AvgIpc) is 3.19. The van der Waals surface area contributed by atoms with Gasteiger partial charge in [0.05, 0.1) is 0 Å². The second-order valence-corrected chi connectivity index (χ2v) is 9.97. The van der Waals surface area contributed by atoms with E-state index in [4.69, 9.17) is 9.47 Å². The Balaban J connectivity index is 1.23. The van der Waals surface area contributed by atoms with Crippen molar-refractivity contribution in [1.29, 1.82) is 0 Å². The highest BCUT2D eigenvalue weighted by Gasteiger charge is 2.35. The number of hydrogen-bond donors (Lipinski definition) is 1. The van der Waals surface area contributed by atoms with Gasteiger partial charge in [-0.25, -0.2) is 0 Å². The van der Waals surface area contributed by atoms with Crippen LogP contribution in [0.2, 0.25) is 0 Å². The number of amides is 1. The van der Waals surface area contributed by atoms with Crippen LogP contribution in [0, 0.1) is 5.92 Å². The number of carbonyl (C=O) groups excluding carboxylic acids is 1. The fourth-order valence-corrected chi connectivity index (χ4v) is 5.44. The first kappa shape index (κ1) is 19.9. The molecule has 1 saturated heterocycles. The molecule has 3 heterocycles. The molecule has 162 valence electrons. The van der Waals surface area contributed by atoms with Crippen molar-refractivity contribution in [3.05, 3.63) is 48.0 Å². The molecule has 1 fully saturated rings. The van der Waals surface area contributed by atoms with Crippen LogP contribution in [0.1, 0.15) is 32.3 Å². The van der Waals surface area contributed by atoms with E-state index in [9.17, 15) is 13.2 Å². The van der Waals surface area contributed by atoms with Crippen LogP contribution in [0.4, 0.5) is 5.69 Å². The number of amidine groups is 1. The summed E-state index contributed by atoms with van der Waals surface area (Å²) in [7, 11) is -3.64. The van der Waals surface area contributed by atoms with Crippen LogP contribution in [0.3, 0.4) is 0 Å². The number of nitrogens with one attached hydrogen (secondary N) is 1. The molecule has 0 saturated carbocycles. The Bertz CT molecular complexity index is 1200. The molecule has 0 bridgehead atoms. The number of ether oxygens (including phenoxy) is 2. The number of benzene rings is 2. The summed E-state index contributed by atoms with van der Waals surface area (Å²) in [5, 5.41) is 2.96. The van der Waals surface area contributed by atoms with Gasteiger partial charge in [-0.1, -0.05) is 12.1 Å². The van der Waals surface area contributed by atoms with E-state index >= 15 is 0 Å². The first-order valence-electron chi connectivity index (χ1n) is 10.2. The van der Waals surface area contributed by atoms with Gasteiger partial charge < -0.3 is 19.7 Å². The fourth-order valence-electron chi connectivity index (χ4n) is 4.21. The van der Waals surface area contributed by atoms with Gasteiger partial charge in [-0.15, -0.1) is 4.40 Å². The number of anilines is 1. The molecule has 1 amide bonds. The first-order chi connectivity index (χ1) is 14.7. The van der Waals surface area contributed by atoms with Crippen LogP contribution in [-0.4, -0.2) is 43.9 Å². The molecule has 0 aromatic heterocycles. The maximum absolute atomic E-state index is 12.8. The standard InChI is InChI=1S/C22H23N3O5S/c1-22(2)29-17-8-7-15(13-18(17)30-22)23-21(26)14-9-11-25(12-10-14)20-16-5-3-4-6-19(16)31(27,28)24-20/h3-8,13-14H,9-12H2,1-2H3,(H,23,26). The smallest absolute Gasteiger partial charge is 0.285 e. The van der Waals surface area contributed by atoms with Crippen LogP contribution in [-0.2, 0) is 14.8 Å². The van der Waals surface area contributed by atoms with Crippen molar-refractivity contribution in [2.24, 2.45) is 10.3 Å². The zero-order valence-electron chi connectivity index (χ0n) is 17.3. The Kier molecular flexibility index (Phi) is 4.47. The fraction of sp³-hybridized carbons (Fsp3) is 0.364. The molecule has 3 aliphatic heterocycles. The number of hydrogen-bond acceptors (Lipinski definition) is 6. The third kappa shape index (κ3) is 3.63. The highest BCUT2D eigenvalue weighted by Crippen LogP contribution is 2.40. The lowest BCUT2D eigenvalue weighted by atomic mass is 9.95. The van der Waals surface area contributed by atoms with Crippen molar-refractivity contribution in [2.45, 2.75) is 37.4 Å². The Morgan fingerprint density at radius 3 is 2.58 bits per heavy atom. The summed E-state index contributed by atoms with van der Waals surface area (Å²) in [5.74, 6) is 0.812. The van der Waals surface area contributed by atoms with Gasteiger partial charge in [0, 0.05) is 50.2 Å². The number of likely N-dealkylation sites (tertiary alicyclic amines) is 1. The van der Waals surface area contributed by atoms with Gasteiger partial charge in [-0.3, -0.25) is 4.79 Å². The van der Waals surface area contributed by atoms with Gasteiger partial charge in [-0.05, 0) is 37.1 Å². The lowest BCUT2D eigenvalue weighted by Gasteiger charge is -2.32. The highest BCUT2D eigenvalue weighted by atomic mass is 32.2. The molecule has 0 unspecified atom stereocenters. The van der Waals surface area contributed by atoms with Gasteiger partial charge in [0.2, 0.25) is 11.7 Å². The topological polar surface area (TPSA) is 97.3 Å². The van der Waals surface area contributed by atoms with E-state index < -0.39 is 15.8 Å². The van der Waals surface area contributed by atoms with Gasteiger partial charge in [0.25, 0.3) is 10.0 Å². The number of sulfonamides is 1. The minimum Gasteiger partial charge on any atom is -0.449 e. The molecule has 8 nitrogen and oxygen atoms in total. The molecule has 2 aromatic carbocycles. The highest BCUT2D eigenvalue weighted by molar-refractivity contribution is 7.90. The lowest BCUT2D eigenvalue weighted by molar-refractivity contribution is -0.120. The maximum Gasteiger partial charge on any atom is 0.285 e. The van der Waals surface area contributed by atoms with E-state index in [1.165, 1.54) is 0 Å². The summed E-state index contributed by atoms with van der Waals surface area (Å²) < 4.78 is 40.0. The van der Waals surface area contributed by atoms with Gasteiger partial charge >= 0.3 is 0 Å². The molecule has 0 spiro atoms. The summed E-state index contributed by atoms with van der Waals surface area (Å²) in [6, 6.07) is 12.2. The minimum absolute atomic E-state index is 0.0563. The van der Waals surface area contributed by atoms with Gasteiger partial charge in [0.1, 0.15) is 4.90 Å². The zero-order chi connectivity index (χ0) is 21.8. The molecule has 3 aliphatic rings. The van der Waals surface area contributed by atoms with Crippen LogP contribution < -0.4 is 14.8 Å². The van der Waals surface area contributed by atoms with Crippen molar-refractivity contribution in [3.8, 4) is 11.5 Å². The molecular formula is C22H23N3O5S. The SMILES string of the molecule is CC1(C)Oc2ccc(NC(=O)C3CCN(C4=NS(=O)(=O)c5ccccc54)CC3)cc2O1. The van der Waals surface area contributed by atoms with Crippen LogP contribution in [0.5, 0.6) is 11.5 Å². The molecule has 2 aromatic rings. The average molecular weight is 442 g/mol. The molecule has 5 rings (SSSR count). The first-order valence-corrected chi connectivity index (χ1v) is 11.7. The summed E-state index contributed by atoms with van der Waals surface area (Å²) >= 11 is 0. The second kappa shape index (κ2) is 6.98. The number of nitrogens with zero attached hydrogens (tertiary/aromatic N) is 2. The van der Waals surface area contributed by atoms with Crippen LogP contribution in [0.15, 0.2) is 51.8 Å². The summed E-state index contributed by atoms with van der Waals surface area (Å²) in [5.41, 5.74) is 1.29. The van der Waals surface area contributed by atoms with Crippen molar-refractivity contribution in [1.82, 2.24) is 4.90 Å². The van der Waals surface area contributed by atoms with Crippen molar-refractivity contribution >= 4 is 27.5 Å². The Labute approximate surface area is 180 Å². The zero-order valence-corrected chi connectivity index (χ0v) is 18.1. The normalized spacial score (nSPS) is 20.8. The number of carbonyl (C=O) groups is 1. The summed E-state index contributed by atoms with van der Waals surface area (Å²) in [6.45, 7) is 4.79. The quantitative estimate of drug-likeness (QED) is 0.770. The number of piperidine rings is 1. The summed E-state index contributed by atoms with van der Waals surface area (Å²) in [4.78, 5) is 15.0. The molecular weight excluding hydrogens is 418 g/mol. The predicted molar refractivity (Wildman–Crippen MR) is 115 cm³/mol. The van der Waals surface area contributed by atoms with Gasteiger partial charge in [0.15, 0.2) is 17.3 Å². The molecule has 1 N–H and O–H groups in total. The third-order valence-corrected chi connectivity index (χ3v) is 7.03. The van der Waals surface area contributed by atoms with Gasteiger partial charge in [-0.2, -0.15) is 8.42 Å². The van der Waals surface area contributed by atoms with Crippen molar-refractivity contribution in [2.75, 3.05) is 18.4 Å². The largest absolute Gasteiger partial charge is 0.449 e. The monoisotopic (exact) mass is 441 g/mol.